The van der Waals surface area contributed by atoms with Crippen molar-refractivity contribution < 1.29 is 9.21 Å². The molecule has 0 aliphatic rings. The van der Waals surface area contributed by atoms with E-state index in [1.54, 1.807) is 0 Å². The fourth-order valence-electron chi connectivity index (χ4n) is 1.37. The number of amides is 1. The molecule has 2 aromatic rings. The molecule has 1 heterocycles. The third-order valence-corrected chi connectivity index (χ3v) is 2.23. The molecule has 0 saturated carbocycles. The number of carbonyl (C=O) groups is 1. The van der Waals surface area contributed by atoms with Crippen molar-refractivity contribution in [3.8, 4) is 11.5 Å². The van der Waals surface area contributed by atoms with Gasteiger partial charge < -0.3 is 9.73 Å². The molecular formula is C12H14N4O2. The number of nitrogens with zero attached hydrogens (tertiary/aromatic N) is 2. The van der Waals surface area contributed by atoms with Gasteiger partial charge in [0.25, 0.3) is 0 Å². The van der Waals surface area contributed by atoms with E-state index >= 15 is 0 Å². The van der Waals surface area contributed by atoms with Gasteiger partial charge in [-0.3, -0.25) is 10.1 Å². The first-order valence-corrected chi connectivity index (χ1v) is 5.69. The van der Waals surface area contributed by atoms with Crippen molar-refractivity contribution >= 4 is 11.9 Å². The van der Waals surface area contributed by atoms with Crippen LogP contribution in [-0.2, 0) is 4.79 Å². The standard InChI is InChI=1S/C12H14N4O2/c1-2-13-8-10(17)14-12-16-15-11(18-12)9-6-4-3-5-7-9/h3-7,13H,2,8H2,1H3,(H,14,16,17). The van der Waals surface area contributed by atoms with Crippen LogP contribution in [0.15, 0.2) is 34.7 Å². The summed E-state index contributed by atoms with van der Waals surface area (Å²) in [5.74, 6) is 0.175. The fourth-order valence-corrected chi connectivity index (χ4v) is 1.37. The molecule has 2 N–H and O–H groups in total. The van der Waals surface area contributed by atoms with Gasteiger partial charge in [0.15, 0.2) is 0 Å². The zero-order chi connectivity index (χ0) is 12.8. The molecule has 0 saturated heterocycles. The van der Waals surface area contributed by atoms with Gasteiger partial charge in [0.1, 0.15) is 0 Å². The lowest BCUT2D eigenvalue weighted by molar-refractivity contribution is -0.115. The average Bonchev–Trinajstić information content (AvgIpc) is 2.86. The second kappa shape index (κ2) is 5.92. The Bertz CT molecular complexity index is 510. The first-order chi connectivity index (χ1) is 8.79. The molecule has 0 unspecified atom stereocenters. The van der Waals surface area contributed by atoms with Crippen molar-refractivity contribution in [1.29, 1.82) is 0 Å². The molecule has 0 atom stereocenters. The molecule has 0 aliphatic carbocycles. The molecule has 0 spiro atoms. The van der Waals surface area contributed by atoms with Crippen LogP contribution in [0.5, 0.6) is 0 Å². The second-order valence-corrected chi connectivity index (χ2v) is 3.61. The number of rotatable bonds is 5. The number of likely N-dealkylation sites (N-methyl/N-ethyl adjacent to an activating group) is 1. The van der Waals surface area contributed by atoms with Gasteiger partial charge in [-0.25, -0.2) is 0 Å². The maximum absolute atomic E-state index is 11.4. The Labute approximate surface area is 104 Å². The highest BCUT2D eigenvalue weighted by molar-refractivity contribution is 5.90. The Morgan fingerprint density at radius 3 is 2.78 bits per heavy atom. The van der Waals surface area contributed by atoms with Crippen LogP contribution in [0.1, 0.15) is 6.92 Å². The van der Waals surface area contributed by atoms with Gasteiger partial charge in [-0.05, 0) is 18.7 Å². The van der Waals surface area contributed by atoms with Crippen LogP contribution < -0.4 is 10.6 Å². The molecule has 0 aliphatic heterocycles. The third kappa shape index (κ3) is 3.14. The summed E-state index contributed by atoms with van der Waals surface area (Å²) in [6.45, 7) is 2.87. The van der Waals surface area contributed by atoms with Gasteiger partial charge in [-0.15, -0.1) is 5.10 Å². The molecule has 1 amide bonds. The van der Waals surface area contributed by atoms with Crippen molar-refractivity contribution in [2.24, 2.45) is 0 Å². The predicted molar refractivity (Wildman–Crippen MR) is 66.9 cm³/mol. The van der Waals surface area contributed by atoms with Gasteiger partial charge in [0.05, 0.1) is 6.54 Å². The molecule has 1 aromatic heterocycles. The third-order valence-electron chi connectivity index (χ3n) is 2.23. The zero-order valence-electron chi connectivity index (χ0n) is 10.0. The van der Waals surface area contributed by atoms with E-state index in [4.69, 9.17) is 4.42 Å². The van der Waals surface area contributed by atoms with Gasteiger partial charge >= 0.3 is 6.01 Å². The Kier molecular flexibility index (Phi) is 4.03. The fraction of sp³-hybridized carbons (Fsp3) is 0.250. The molecule has 1 aromatic carbocycles. The van der Waals surface area contributed by atoms with Gasteiger partial charge in [0.2, 0.25) is 11.8 Å². The lowest BCUT2D eigenvalue weighted by Crippen LogP contribution is -2.27. The summed E-state index contributed by atoms with van der Waals surface area (Å²) >= 11 is 0. The second-order valence-electron chi connectivity index (χ2n) is 3.61. The number of hydrogen-bond donors (Lipinski definition) is 2. The summed E-state index contributed by atoms with van der Waals surface area (Å²) in [6.07, 6.45) is 0. The highest BCUT2D eigenvalue weighted by Crippen LogP contribution is 2.18. The Morgan fingerprint density at radius 2 is 2.06 bits per heavy atom. The lowest BCUT2D eigenvalue weighted by atomic mass is 10.2. The quantitative estimate of drug-likeness (QED) is 0.830. The van der Waals surface area contributed by atoms with Crippen molar-refractivity contribution in [2.45, 2.75) is 6.92 Å². The van der Waals surface area contributed by atoms with E-state index in [-0.39, 0.29) is 18.5 Å². The number of aromatic nitrogens is 2. The van der Waals surface area contributed by atoms with Crippen LogP contribution in [0.25, 0.3) is 11.5 Å². The molecule has 0 fully saturated rings. The van der Waals surface area contributed by atoms with Crippen LogP contribution in [0.2, 0.25) is 0 Å². The highest BCUT2D eigenvalue weighted by atomic mass is 16.4. The van der Waals surface area contributed by atoms with Crippen LogP contribution in [-0.4, -0.2) is 29.2 Å². The molecule has 94 valence electrons. The molecule has 2 rings (SSSR count). The zero-order valence-corrected chi connectivity index (χ0v) is 10.0. The maximum Gasteiger partial charge on any atom is 0.322 e. The minimum absolute atomic E-state index is 0.108. The van der Waals surface area contributed by atoms with Crippen molar-refractivity contribution in [1.82, 2.24) is 15.5 Å². The van der Waals surface area contributed by atoms with Crippen LogP contribution in [0.4, 0.5) is 6.01 Å². The number of anilines is 1. The van der Waals surface area contributed by atoms with E-state index in [1.165, 1.54) is 0 Å². The number of hydrogen-bond acceptors (Lipinski definition) is 5. The summed E-state index contributed by atoms with van der Waals surface area (Å²) in [7, 11) is 0. The largest absolute Gasteiger partial charge is 0.403 e. The summed E-state index contributed by atoms with van der Waals surface area (Å²) in [4.78, 5) is 11.4. The summed E-state index contributed by atoms with van der Waals surface area (Å²) in [5.41, 5.74) is 0.817. The highest BCUT2D eigenvalue weighted by Gasteiger charge is 2.10. The number of benzene rings is 1. The molecule has 6 heteroatoms. The first-order valence-electron chi connectivity index (χ1n) is 5.69. The van der Waals surface area contributed by atoms with E-state index < -0.39 is 0 Å². The van der Waals surface area contributed by atoms with E-state index in [0.29, 0.717) is 5.89 Å². The van der Waals surface area contributed by atoms with Crippen LogP contribution >= 0.6 is 0 Å². The topological polar surface area (TPSA) is 80.0 Å². The number of nitrogens with one attached hydrogen (secondary N) is 2. The maximum atomic E-state index is 11.4. The molecule has 18 heavy (non-hydrogen) atoms. The van der Waals surface area contributed by atoms with E-state index in [2.05, 4.69) is 20.8 Å². The smallest absolute Gasteiger partial charge is 0.322 e. The summed E-state index contributed by atoms with van der Waals surface area (Å²) < 4.78 is 5.34. The van der Waals surface area contributed by atoms with Crippen LogP contribution in [0, 0.1) is 0 Å². The normalized spacial score (nSPS) is 10.3. The van der Waals surface area contributed by atoms with Crippen LogP contribution in [0.3, 0.4) is 0 Å². The van der Waals surface area contributed by atoms with Crippen molar-refractivity contribution in [3.63, 3.8) is 0 Å². The number of carbonyl (C=O) groups excluding carboxylic acids is 1. The molecular weight excluding hydrogens is 232 g/mol. The van der Waals surface area contributed by atoms with E-state index in [0.717, 1.165) is 12.1 Å². The van der Waals surface area contributed by atoms with Crippen molar-refractivity contribution in [2.75, 3.05) is 18.4 Å². The summed E-state index contributed by atoms with van der Waals surface area (Å²) in [5, 5.41) is 13.1. The Hall–Kier alpha value is -2.21. The minimum atomic E-state index is -0.208. The Morgan fingerprint density at radius 1 is 1.28 bits per heavy atom. The first kappa shape index (κ1) is 12.3. The molecule has 6 nitrogen and oxygen atoms in total. The Balaban J connectivity index is 2.00. The minimum Gasteiger partial charge on any atom is -0.403 e. The van der Waals surface area contributed by atoms with Gasteiger partial charge in [-0.1, -0.05) is 30.2 Å². The molecule has 0 radical (unpaired) electrons. The van der Waals surface area contributed by atoms with Crippen molar-refractivity contribution in [3.05, 3.63) is 30.3 Å². The lowest BCUT2D eigenvalue weighted by Gasteiger charge is -1.99. The SMILES string of the molecule is CCNCC(=O)Nc1nnc(-c2ccccc2)o1. The van der Waals surface area contributed by atoms with Gasteiger partial charge in [-0.2, -0.15) is 0 Å². The predicted octanol–water partition coefficient (Wildman–Crippen LogP) is 1.28. The van der Waals surface area contributed by atoms with E-state index in [9.17, 15) is 4.79 Å². The molecule has 0 bridgehead atoms. The summed E-state index contributed by atoms with van der Waals surface area (Å²) in [6, 6.07) is 9.48. The van der Waals surface area contributed by atoms with Gasteiger partial charge in [0, 0.05) is 5.56 Å². The van der Waals surface area contributed by atoms with E-state index in [1.807, 2.05) is 37.3 Å². The average molecular weight is 246 g/mol. The monoisotopic (exact) mass is 246 g/mol.